The van der Waals surface area contributed by atoms with Crippen molar-refractivity contribution in [3.63, 3.8) is 0 Å². The molecule has 2 aliphatic carbocycles. The number of anilines is 4. The van der Waals surface area contributed by atoms with Crippen molar-refractivity contribution >= 4 is 34.1 Å². The lowest BCUT2D eigenvalue weighted by atomic mass is 9.78. The number of benzene rings is 6. The van der Waals surface area contributed by atoms with Gasteiger partial charge in [0.25, 0.3) is 0 Å². The molecule has 6 atom stereocenters. The Morgan fingerprint density at radius 1 is 0.571 bits per heavy atom. The summed E-state index contributed by atoms with van der Waals surface area (Å²) < 4.78 is 0. The van der Waals surface area contributed by atoms with E-state index in [0.717, 1.165) is 29.1 Å². The summed E-state index contributed by atoms with van der Waals surface area (Å²) in [6, 6.07) is 55.8. The number of hydrogen-bond acceptors (Lipinski definition) is 4. The number of para-hydroxylation sites is 4. The van der Waals surface area contributed by atoms with Gasteiger partial charge in [-0.15, -0.1) is 0 Å². The fraction of sp³-hybridized carbons (Fsp3) is 0.135. The highest BCUT2D eigenvalue weighted by Crippen LogP contribution is 2.57. The molecule has 5 aliphatic rings. The molecule has 0 saturated heterocycles. The van der Waals surface area contributed by atoms with Crippen LogP contribution in [0.1, 0.15) is 40.5 Å². The molecule has 6 aromatic rings. The Labute approximate surface area is 329 Å². The average Bonchev–Trinajstić information content (AvgIpc) is 3.56. The number of fused-ring (bicyclic) bond motifs is 8. The van der Waals surface area contributed by atoms with Crippen LogP contribution in [0.2, 0.25) is 0 Å². The fourth-order valence-electron chi connectivity index (χ4n) is 9.93. The fourth-order valence-corrected chi connectivity index (χ4v) is 9.93. The number of rotatable bonds is 5. The van der Waals surface area contributed by atoms with Gasteiger partial charge in [-0.05, 0) is 70.6 Å². The second kappa shape index (κ2) is 13.6. The molecular weight excluding hydrogens is 681 g/mol. The minimum Gasteiger partial charge on any atom is -0.358 e. The predicted octanol–water partition coefficient (Wildman–Crippen LogP) is 12.1. The third kappa shape index (κ3) is 5.39. The summed E-state index contributed by atoms with van der Waals surface area (Å²) in [7, 11) is 0. The summed E-state index contributed by atoms with van der Waals surface area (Å²) >= 11 is 0. The van der Waals surface area contributed by atoms with Gasteiger partial charge in [0, 0.05) is 40.4 Å². The van der Waals surface area contributed by atoms with E-state index >= 15 is 0 Å². The van der Waals surface area contributed by atoms with Crippen molar-refractivity contribution in [1.82, 2.24) is 0 Å². The average molecular weight is 723 g/mol. The van der Waals surface area contributed by atoms with Crippen LogP contribution in [0.25, 0.3) is 11.1 Å². The third-order valence-corrected chi connectivity index (χ3v) is 12.4. The van der Waals surface area contributed by atoms with E-state index in [1.54, 1.807) is 0 Å². The van der Waals surface area contributed by atoms with E-state index in [0.29, 0.717) is 5.92 Å². The molecule has 1 N–H and O–H groups in total. The summed E-state index contributed by atoms with van der Waals surface area (Å²) in [5.74, 6) is 0.593. The van der Waals surface area contributed by atoms with E-state index in [1.807, 2.05) is 0 Å². The first-order chi connectivity index (χ1) is 27.8. The summed E-state index contributed by atoms with van der Waals surface area (Å²) in [6.07, 6.45) is 19.3. The molecule has 11 rings (SSSR count). The van der Waals surface area contributed by atoms with Gasteiger partial charge in [0.2, 0.25) is 0 Å². The first-order valence-electron chi connectivity index (χ1n) is 19.9. The van der Waals surface area contributed by atoms with Gasteiger partial charge in [0.05, 0.1) is 29.2 Å². The number of aliphatic imine (C=N–C) groups is 1. The van der Waals surface area contributed by atoms with Gasteiger partial charge in [-0.3, -0.25) is 0 Å². The normalized spacial score (nSPS) is 23.9. The van der Waals surface area contributed by atoms with Gasteiger partial charge in [0.15, 0.2) is 0 Å². The maximum absolute atomic E-state index is 5.43. The van der Waals surface area contributed by atoms with Crippen LogP contribution in [-0.2, 0) is 0 Å². The molecule has 6 unspecified atom stereocenters. The Hall–Kier alpha value is -6.65. The lowest BCUT2D eigenvalue weighted by Gasteiger charge is -2.45. The Bertz CT molecular complexity index is 2600. The van der Waals surface area contributed by atoms with Crippen LogP contribution in [0.5, 0.6) is 0 Å². The van der Waals surface area contributed by atoms with Crippen LogP contribution < -0.4 is 15.1 Å². The second-order valence-electron chi connectivity index (χ2n) is 15.5. The zero-order chi connectivity index (χ0) is 37.0. The number of hydrogen-bond donors (Lipinski definition) is 1. The van der Waals surface area contributed by atoms with Crippen molar-refractivity contribution in [2.24, 2.45) is 10.9 Å². The molecule has 3 heterocycles. The Balaban J connectivity index is 1.13. The monoisotopic (exact) mass is 722 g/mol. The van der Waals surface area contributed by atoms with Crippen LogP contribution in [0, 0.1) is 5.92 Å². The van der Waals surface area contributed by atoms with Gasteiger partial charge in [-0.25, -0.2) is 4.99 Å². The first kappa shape index (κ1) is 32.8. The third-order valence-electron chi connectivity index (χ3n) is 12.4. The highest BCUT2D eigenvalue weighted by Gasteiger charge is 2.52. The Morgan fingerprint density at radius 3 is 2.05 bits per heavy atom. The van der Waals surface area contributed by atoms with Crippen molar-refractivity contribution in [3.05, 3.63) is 223 Å². The minimum absolute atomic E-state index is 0.0350. The Morgan fingerprint density at radius 2 is 1.25 bits per heavy atom. The highest BCUT2D eigenvalue weighted by molar-refractivity contribution is 6.11. The molecule has 0 bridgehead atoms. The van der Waals surface area contributed by atoms with Crippen LogP contribution in [0.3, 0.4) is 0 Å². The van der Waals surface area contributed by atoms with Gasteiger partial charge in [0.1, 0.15) is 6.17 Å². The lowest BCUT2D eigenvalue weighted by molar-refractivity contribution is 0.429. The van der Waals surface area contributed by atoms with Crippen molar-refractivity contribution < 1.29 is 0 Å². The number of allylic oxidation sites excluding steroid dienone is 6. The molecule has 0 saturated carbocycles. The maximum atomic E-state index is 5.43. The molecule has 270 valence electrons. The van der Waals surface area contributed by atoms with Crippen LogP contribution in [-0.4, -0.2) is 24.0 Å². The van der Waals surface area contributed by atoms with Crippen molar-refractivity contribution in [3.8, 4) is 11.1 Å². The molecular formula is C52H42N4. The van der Waals surface area contributed by atoms with E-state index < -0.39 is 0 Å². The van der Waals surface area contributed by atoms with E-state index in [9.17, 15) is 0 Å². The number of nitrogens with one attached hydrogen (secondary N) is 1. The molecule has 0 radical (unpaired) electrons. The summed E-state index contributed by atoms with van der Waals surface area (Å²) in [5.41, 5.74) is 14.5. The second-order valence-corrected chi connectivity index (χ2v) is 15.5. The largest absolute Gasteiger partial charge is 0.358 e. The maximum Gasteiger partial charge on any atom is 0.144 e. The quantitative estimate of drug-likeness (QED) is 0.192. The molecule has 4 heteroatoms. The molecule has 0 aromatic heterocycles. The standard InChI is InChI=1S/C52H42N4/c1-4-18-35(19-5-1)38-32-39(36-20-6-2-7-21-36)34-40(33-38)55-46-29-15-10-24-41(46)49-42-25-11-16-30-47(42)56(48-31-17-12-26-43(48)51(49)55)52-50(37-22-8-3-9-23-37)53-44-27-13-14-28-45(44)54-52/h1-20,22-34,36,43,48-49,51-52,54H,21H2. The topological polar surface area (TPSA) is 30.9 Å². The molecule has 4 nitrogen and oxygen atoms in total. The van der Waals surface area contributed by atoms with Gasteiger partial charge >= 0.3 is 0 Å². The molecule has 56 heavy (non-hydrogen) atoms. The number of nitrogens with zero attached hydrogens (tertiary/aromatic N) is 3. The molecule has 6 aromatic carbocycles. The van der Waals surface area contributed by atoms with Gasteiger partial charge in [-0.1, -0.05) is 164 Å². The summed E-state index contributed by atoms with van der Waals surface area (Å²) in [4.78, 5) is 10.8. The van der Waals surface area contributed by atoms with Crippen molar-refractivity contribution in [1.29, 1.82) is 0 Å². The molecule has 0 fully saturated rings. The highest BCUT2D eigenvalue weighted by atomic mass is 15.3. The van der Waals surface area contributed by atoms with Crippen LogP contribution >= 0.6 is 0 Å². The van der Waals surface area contributed by atoms with Crippen molar-refractivity contribution in [2.75, 3.05) is 15.1 Å². The van der Waals surface area contributed by atoms with E-state index in [-0.39, 0.29) is 30.1 Å². The predicted molar refractivity (Wildman–Crippen MR) is 233 cm³/mol. The van der Waals surface area contributed by atoms with E-state index in [1.165, 1.54) is 44.9 Å². The zero-order valence-electron chi connectivity index (χ0n) is 31.1. The smallest absolute Gasteiger partial charge is 0.144 e. The molecule has 0 spiro atoms. The zero-order valence-corrected chi connectivity index (χ0v) is 31.1. The first-order valence-corrected chi connectivity index (χ1v) is 19.9. The van der Waals surface area contributed by atoms with Crippen LogP contribution in [0.15, 0.2) is 205 Å². The van der Waals surface area contributed by atoms with Crippen LogP contribution in [0.4, 0.5) is 28.4 Å². The Kier molecular flexibility index (Phi) is 7.94. The summed E-state index contributed by atoms with van der Waals surface area (Å²) in [5, 5.41) is 4.03. The summed E-state index contributed by atoms with van der Waals surface area (Å²) in [6.45, 7) is 0. The van der Waals surface area contributed by atoms with E-state index in [4.69, 9.17) is 4.99 Å². The molecule has 3 aliphatic heterocycles. The van der Waals surface area contributed by atoms with Gasteiger partial charge in [-0.2, -0.15) is 0 Å². The lowest BCUT2D eigenvalue weighted by Crippen LogP contribution is -2.56. The minimum atomic E-state index is -0.209. The SMILES string of the molecule is C1=CCC(c2cc(-c3ccccc3)cc(N3c4ccccc4C4c5ccccc5N(C5Nc6ccccc6N=C5c5ccccc5)C5C=CC=CC5C43)c2)C=C1. The van der Waals surface area contributed by atoms with Gasteiger partial charge < -0.3 is 15.1 Å². The van der Waals surface area contributed by atoms with Crippen molar-refractivity contribution in [2.45, 2.75) is 36.5 Å². The molecule has 0 amide bonds. The van der Waals surface area contributed by atoms with E-state index in [2.05, 4.69) is 215 Å².